The van der Waals surface area contributed by atoms with Gasteiger partial charge in [-0.05, 0) is 36.8 Å². The summed E-state index contributed by atoms with van der Waals surface area (Å²) in [6, 6.07) is 3.69. The van der Waals surface area contributed by atoms with E-state index in [1.54, 1.807) is 7.05 Å². The monoisotopic (exact) mass is 339 g/mol. The van der Waals surface area contributed by atoms with Crippen LogP contribution >= 0.6 is 0 Å². The predicted octanol–water partition coefficient (Wildman–Crippen LogP) is 3.05. The molecule has 4 nitrogen and oxygen atoms in total. The van der Waals surface area contributed by atoms with Crippen LogP contribution in [0.3, 0.4) is 0 Å². The van der Waals surface area contributed by atoms with Crippen LogP contribution in [-0.2, 0) is 4.74 Å². The summed E-state index contributed by atoms with van der Waals surface area (Å²) in [5, 5.41) is 6.38. The molecule has 0 aliphatic heterocycles. The molecular weight excluding hydrogens is 312 g/mol. The molecular formula is C18H27F2N3O. The van der Waals surface area contributed by atoms with Gasteiger partial charge in [-0.25, -0.2) is 8.78 Å². The Morgan fingerprint density at radius 2 is 2.12 bits per heavy atom. The van der Waals surface area contributed by atoms with Gasteiger partial charge in [-0.15, -0.1) is 0 Å². The average Bonchev–Trinajstić information content (AvgIpc) is 3.37. The van der Waals surface area contributed by atoms with E-state index < -0.39 is 11.6 Å². The van der Waals surface area contributed by atoms with Crippen LogP contribution in [0.25, 0.3) is 0 Å². The Kier molecular flexibility index (Phi) is 7.43. The lowest BCUT2D eigenvalue weighted by molar-refractivity contribution is 0.123. The molecule has 24 heavy (non-hydrogen) atoms. The first-order valence-electron chi connectivity index (χ1n) is 8.57. The Labute approximate surface area is 142 Å². The lowest BCUT2D eigenvalue weighted by Gasteiger charge is -2.17. The summed E-state index contributed by atoms with van der Waals surface area (Å²) < 4.78 is 32.3. The molecule has 2 N–H and O–H groups in total. The molecule has 0 radical (unpaired) electrons. The van der Waals surface area contributed by atoms with Crippen LogP contribution in [0.5, 0.6) is 0 Å². The fraction of sp³-hybridized carbons (Fsp3) is 0.611. The van der Waals surface area contributed by atoms with E-state index in [1.165, 1.54) is 25.0 Å². The number of rotatable bonds is 9. The molecule has 0 bridgehead atoms. The normalized spacial score (nSPS) is 16.1. The van der Waals surface area contributed by atoms with E-state index in [9.17, 15) is 8.78 Å². The van der Waals surface area contributed by atoms with Gasteiger partial charge in [0.25, 0.3) is 0 Å². The Bertz CT molecular complexity index is 547. The first kappa shape index (κ1) is 18.6. The van der Waals surface area contributed by atoms with Crippen molar-refractivity contribution in [3.8, 4) is 0 Å². The number of aliphatic imine (C=N–C) groups is 1. The summed E-state index contributed by atoms with van der Waals surface area (Å²) in [7, 11) is 1.70. The molecule has 1 saturated carbocycles. The highest BCUT2D eigenvalue weighted by Crippen LogP contribution is 2.28. The van der Waals surface area contributed by atoms with Crippen molar-refractivity contribution in [3.63, 3.8) is 0 Å². The molecule has 0 saturated heterocycles. The number of hydrogen-bond acceptors (Lipinski definition) is 2. The minimum atomic E-state index is -0.558. The molecule has 0 aromatic heterocycles. The molecule has 6 heteroatoms. The summed E-state index contributed by atoms with van der Waals surface area (Å²) in [5.41, 5.74) is 0.493. The van der Waals surface area contributed by atoms with Gasteiger partial charge in [-0.2, -0.15) is 0 Å². The van der Waals surface area contributed by atoms with Gasteiger partial charge >= 0.3 is 0 Å². The van der Waals surface area contributed by atoms with Gasteiger partial charge in [0, 0.05) is 45.3 Å². The highest BCUT2D eigenvalue weighted by atomic mass is 19.1. The van der Waals surface area contributed by atoms with Gasteiger partial charge in [-0.3, -0.25) is 4.99 Å². The van der Waals surface area contributed by atoms with E-state index in [2.05, 4.69) is 15.6 Å². The number of benzene rings is 1. The Hall–Kier alpha value is -1.69. The zero-order chi connectivity index (χ0) is 17.4. The zero-order valence-corrected chi connectivity index (χ0v) is 14.4. The van der Waals surface area contributed by atoms with Gasteiger partial charge in [0.05, 0.1) is 0 Å². The van der Waals surface area contributed by atoms with Crippen LogP contribution in [0, 0.1) is 17.6 Å². The summed E-state index contributed by atoms with van der Waals surface area (Å²) in [4.78, 5) is 4.15. The molecule has 1 atom stereocenters. The molecule has 1 fully saturated rings. The summed E-state index contributed by atoms with van der Waals surface area (Å²) in [6.07, 6.45) is 3.53. The second-order valence-corrected chi connectivity index (χ2v) is 6.32. The Balaban J connectivity index is 1.64. The SMILES string of the molecule is CN=C(NCCCOCC1CC1)NCC(C)c1ccc(F)cc1F. The number of halogens is 2. The van der Waals surface area contributed by atoms with E-state index in [4.69, 9.17) is 4.74 Å². The van der Waals surface area contributed by atoms with Gasteiger partial charge in [0.2, 0.25) is 0 Å². The smallest absolute Gasteiger partial charge is 0.190 e. The van der Waals surface area contributed by atoms with Crippen molar-refractivity contribution < 1.29 is 13.5 Å². The van der Waals surface area contributed by atoms with Gasteiger partial charge in [-0.1, -0.05) is 13.0 Å². The predicted molar refractivity (Wildman–Crippen MR) is 92.3 cm³/mol. The zero-order valence-electron chi connectivity index (χ0n) is 14.4. The Morgan fingerprint density at radius 1 is 1.33 bits per heavy atom. The number of nitrogens with zero attached hydrogens (tertiary/aromatic N) is 1. The molecule has 134 valence electrons. The third-order valence-electron chi connectivity index (χ3n) is 4.10. The van der Waals surface area contributed by atoms with E-state index in [0.717, 1.165) is 38.2 Å². The Morgan fingerprint density at radius 3 is 2.79 bits per heavy atom. The molecule has 1 unspecified atom stereocenters. The van der Waals surface area contributed by atoms with Crippen molar-refractivity contribution in [2.45, 2.75) is 32.1 Å². The average molecular weight is 339 g/mol. The lowest BCUT2D eigenvalue weighted by atomic mass is 10.0. The quantitative estimate of drug-likeness (QED) is 0.413. The fourth-order valence-corrected chi connectivity index (χ4v) is 2.40. The molecule has 1 aromatic carbocycles. The second-order valence-electron chi connectivity index (χ2n) is 6.32. The van der Waals surface area contributed by atoms with E-state index >= 15 is 0 Å². The fourth-order valence-electron chi connectivity index (χ4n) is 2.40. The minimum absolute atomic E-state index is 0.0916. The van der Waals surface area contributed by atoms with Crippen LogP contribution < -0.4 is 10.6 Å². The standard InChI is InChI=1S/C18H27F2N3O/c1-13(16-7-6-15(19)10-17(16)20)11-23-18(21-2)22-8-3-9-24-12-14-4-5-14/h6-7,10,13-14H,3-5,8-9,11-12H2,1-2H3,(H2,21,22,23). The molecule has 1 aromatic rings. The van der Waals surface area contributed by atoms with E-state index in [0.29, 0.717) is 18.1 Å². The first-order chi connectivity index (χ1) is 11.6. The van der Waals surface area contributed by atoms with Crippen LogP contribution in [0.15, 0.2) is 23.2 Å². The second kappa shape index (κ2) is 9.57. The van der Waals surface area contributed by atoms with E-state index in [-0.39, 0.29) is 5.92 Å². The van der Waals surface area contributed by atoms with Crippen LogP contribution in [0.4, 0.5) is 8.78 Å². The van der Waals surface area contributed by atoms with Crippen molar-refractivity contribution in [3.05, 3.63) is 35.4 Å². The lowest BCUT2D eigenvalue weighted by Crippen LogP contribution is -2.39. The highest BCUT2D eigenvalue weighted by Gasteiger charge is 2.20. The van der Waals surface area contributed by atoms with Crippen LogP contribution in [0.1, 0.15) is 37.7 Å². The maximum atomic E-state index is 13.8. The maximum Gasteiger partial charge on any atom is 0.190 e. The van der Waals surface area contributed by atoms with E-state index in [1.807, 2.05) is 6.92 Å². The van der Waals surface area contributed by atoms with Crippen molar-refractivity contribution >= 4 is 5.96 Å². The summed E-state index contributed by atoms with van der Waals surface area (Å²) in [6.45, 7) is 4.80. The van der Waals surface area contributed by atoms with Crippen molar-refractivity contribution in [1.82, 2.24) is 10.6 Å². The van der Waals surface area contributed by atoms with Crippen LogP contribution in [-0.4, -0.2) is 39.3 Å². The van der Waals surface area contributed by atoms with Gasteiger partial charge < -0.3 is 15.4 Å². The third-order valence-corrected chi connectivity index (χ3v) is 4.10. The van der Waals surface area contributed by atoms with Crippen LogP contribution in [0.2, 0.25) is 0 Å². The number of guanidine groups is 1. The molecule has 1 aliphatic rings. The summed E-state index contributed by atoms with van der Waals surface area (Å²) in [5.74, 6) is 0.302. The largest absolute Gasteiger partial charge is 0.381 e. The molecule has 0 heterocycles. The molecule has 0 amide bonds. The molecule has 0 spiro atoms. The van der Waals surface area contributed by atoms with Crippen molar-refractivity contribution in [1.29, 1.82) is 0 Å². The number of ether oxygens (including phenoxy) is 1. The number of hydrogen-bond donors (Lipinski definition) is 2. The molecule has 2 rings (SSSR count). The van der Waals surface area contributed by atoms with Gasteiger partial charge in [0.1, 0.15) is 11.6 Å². The summed E-state index contributed by atoms with van der Waals surface area (Å²) >= 11 is 0. The molecule has 1 aliphatic carbocycles. The first-order valence-corrected chi connectivity index (χ1v) is 8.57. The highest BCUT2D eigenvalue weighted by molar-refractivity contribution is 5.79. The topological polar surface area (TPSA) is 45.7 Å². The third kappa shape index (κ3) is 6.43. The van der Waals surface area contributed by atoms with Crippen molar-refractivity contribution in [2.75, 3.05) is 33.4 Å². The maximum absolute atomic E-state index is 13.8. The van der Waals surface area contributed by atoms with Crippen molar-refractivity contribution in [2.24, 2.45) is 10.9 Å². The minimum Gasteiger partial charge on any atom is -0.381 e. The number of nitrogens with one attached hydrogen (secondary N) is 2. The van der Waals surface area contributed by atoms with Gasteiger partial charge in [0.15, 0.2) is 5.96 Å².